The van der Waals surface area contributed by atoms with Gasteiger partial charge in [-0.25, -0.2) is 13.1 Å². The Kier molecular flexibility index (Phi) is 5.96. The van der Waals surface area contributed by atoms with E-state index in [0.29, 0.717) is 11.8 Å². The number of nitrogens with one attached hydrogen (secondary N) is 1. The van der Waals surface area contributed by atoms with Crippen LogP contribution in [0.5, 0.6) is 6.01 Å². The highest BCUT2D eigenvalue weighted by molar-refractivity contribution is 7.89. The lowest BCUT2D eigenvalue weighted by Crippen LogP contribution is -2.32. The standard InChI is InChI=1S/C20H27N5O3S/c1-28-20-23-18(22-19(24-20)25-11-5-2-6-12-25)14-21-29(26,27)17-10-9-15-7-3-4-8-16(15)13-17/h9-10,13,21H,2-8,11-12,14H2,1H3. The third kappa shape index (κ3) is 4.67. The summed E-state index contributed by atoms with van der Waals surface area (Å²) in [6.07, 6.45) is 7.61. The van der Waals surface area contributed by atoms with Crippen LogP contribution in [0.25, 0.3) is 0 Å². The van der Waals surface area contributed by atoms with Crippen LogP contribution in [0, 0.1) is 0 Å². The number of ether oxygens (including phenoxy) is 1. The fourth-order valence-corrected chi connectivity index (χ4v) is 4.94. The van der Waals surface area contributed by atoms with Gasteiger partial charge in [-0.2, -0.15) is 15.0 Å². The van der Waals surface area contributed by atoms with Crippen LogP contribution < -0.4 is 14.4 Å². The number of anilines is 1. The summed E-state index contributed by atoms with van der Waals surface area (Å²) in [5.74, 6) is 0.887. The average molecular weight is 418 g/mol. The van der Waals surface area contributed by atoms with E-state index in [2.05, 4.69) is 24.6 Å². The number of methoxy groups -OCH3 is 1. The highest BCUT2D eigenvalue weighted by Gasteiger charge is 2.20. The SMILES string of the molecule is COc1nc(CNS(=O)(=O)c2ccc3c(c2)CCCC3)nc(N2CCCCC2)n1. The summed E-state index contributed by atoms with van der Waals surface area (Å²) in [5.41, 5.74) is 2.39. The van der Waals surface area contributed by atoms with Gasteiger partial charge in [0.1, 0.15) is 0 Å². The third-order valence-electron chi connectivity index (χ3n) is 5.52. The first-order chi connectivity index (χ1) is 14.0. The second-order valence-electron chi connectivity index (χ2n) is 7.55. The number of benzene rings is 1. The number of aromatic nitrogens is 3. The number of piperidine rings is 1. The normalized spacial score (nSPS) is 17.1. The van der Waals surface area contributed by atoms with Crippen molar-refractivity contribution in [2.75, 3.05) is 25.1 Å². The van der Waals surface area contributed by atoms with E-state index in [-0.39, 0.29) is 17.5 Å². The maximum absolute atomic E-state index is 12.8. The van der Waals surface area contributed by atoms with Crippen molar-refractivity contribution in [1.29, 1.82) is 0 Å². The first kappa shape index (κ1) is 20.0. The largest absolute Gasteiger partial charge is 0.467 e. The fraction of sp³-hybridized carbons (Fsp3) is 0.550. The van der Waals surface area contributed by atoms with Crippen LogP contribution in [0.15, 0.2) is 23.1 Å². The van der Waals surface area contributed by atoms with E-state index in [0.717, 1.165) is 57.2 Å². The summed E-state index contributed by atoms with van der Waals surface area (Å²) in [6.45, 7) is 1.75. The van der Waals surface area contributed by atoms with Crippen LogP contribution in [-0.2, 0) is 29.4 Å². The predicted octanol–water partition coefficient (Wildman–Crippen LogP) is 2.23. The Bertz CT molecular complexity index is 974. The van der Waals surface area contributed by atoms with Crippen molar-refractivity contribution in [1.82, 2.24) is 19.7 Å². The molecule has 2 heterocycles. The molecular formula is C20H27N5O3S. The minimum absolute atomic E-state index is 0.0147. The first-order valence-corrected chi connectivity index (χ1v) is 11.7. The number of hydrogen-bond acceptors (Lipinski definition) is 7. The van der Waals surface area contributed by atoms with E-state index in [9.17, 15) is 8.42 Å². The van der Waals surface area contributed by atoms with Crippen LogP contribution in [0.3, 0.4) is 0 Å². The molecule has 4 rings (SSSR count). The molecule has 1 aromatic carbocycles. The lowest BCUT2D eigenvalue weighted by Gasteiger charge is -2.26. The number of hydrogen-bond donors (Lipinski definition) is 1. The van der Waals surface area contributed by atoms with Crippen molar-refractivity contribution in [3.05, 3.63) is 35.2 Å². The second-order valence-corrected chi connectivity index (χ2v) is 9.32. The molecular weight excluding hydrogens is 390 g/mol. The summed E-state index contributed by atoms with van der Waals surface area (Å²) in [7, 11) is -2.16. The molecule has 1 fully saturated rings. The Labute approximate surface area is 171 Å². The Morgan fingerprint density at radius 2 is 1.76 bits per heavy atom. The summed E-state index contributed by atoms with van der Waals surface area (Å²) in [6, 6.07) is 5.61. The number of nitrogens with zero attached hydrogens (tertiary/aromatic N) is 4. The third-order valence-corrected chi connectivity index (χ3v) is 6.92. The van der Waals surface area contributed by atoms with Gasteiger partial charge < -0.3 is 9.64 Å². The molecule has 1 aliphatic carbocycles. The minimum atomic E-state index is -3.65. The number of sulfonamides is 1. The van der Waals surface area contributed by atoms with Gasteiger partial charge in [0.15, 0.2) is 5.82 Å². The van der Waals surface area contributed by atoms with Crippen molar-refractivity contribution >= 4 is 16.0 Å². The summed E-state index contributed by atoms with van der Waals surface area (Å²) >= 11 is 0. The molecule has 0 bridgehead atoms. The van der Waals surface area contributed by atoms with E-state index >= 15 is 0 Å². The highest BCUT2D eigenvalue weighted by Crippen LogP contribution is 2.24. The molecule has 1 saturated heterocycles. The lowest BCUT2D eigenvalue weighted by molar-refractivity contribution is 0.374. The smallest absolute Gasteiger partial charge is 0.321 e. The van der Waals surface area contributed by atoms with Gasteiger partial charge in [0.25, 0.3) is 0 Å². The maximum Gasteiger partial charge on any atom is 0.321 e. The van der Waals surface area contributed by atoms with Gasteiger partial charge in [-0.3, -0.25) is 0 Å². The molecule has 0 amide bonds. The zero-order valence-corrected chi connectivity index (χ0v) is 17.5. The molecule has 1 aromatic heterocycles. The zero-order valence-electron chi connectivity index (χ0n) is 16.7. The molecule has 156 valence electrons. The molecule has 2 aliphatic rings. The quantitative estimate of drug-likeness (QED) is 0.770. The van der Waals surface area contributed by atoms with Crippen LogP contribution in [0.2, 0.25) is 0 Å². The Hall–Kier alpha value is -2.26. The predicted molar refractivity (Wildman–Crippen MR) is 110 cm³/mol. The van der Waals surface area contributed by atoms with Gasteiger partial charge >= 0.3 is 6.01 Å². The molecule has 0 saturated carbocycles. The van der Waals surface area contributed by atoms with Crippen molar-refractivity contribution in [2.24, 2.45) is 0 Å². The summed E-state index contributed by atoms with van der Waals surface area (Å²) in [5, 5.41) is 0. The monoisotopic (exact) mass is 417 g/mol. The van der Waals surface area contributed by atoms with Crippen molar-refractivity contribution in [2.45, 2.75) is 56.4 Å². The van der Waals surface area contributed by atoms with Crippen LogP contribution in [-0.4, -0.2) is 43.6 Å². The summed E-state index contributed by atoms with van der Waals surface area (Å²) in [4.78, 5) is 15.4. The molecule has 1 N–H and O–H groups in total. The van der Waals surface area contributed by atoms with E-state index < -0.39 is 10.0 Å². The van der Waals surface area contributed by atoms with Crippen LogP contribution in [0.4, 0.5) is 5.95 Å². The highest BCUT2D eigenvalue weighted by atomic mass is 32.2. The molecule has 0 radical (unpaired) electrons. The van der Waals surface area contributed by atoms with Gasteiger partial charge in [0, 0.05) is 13.1 Å². The molecule has 29 heavy (non-hydrogen) atoms. The van der Waals surface area contributed by atoms with Gasteiger partial charge in [0.05, 0.1) is 18.6 Å². The fourth-order valence-electron chi connectivity index (χ4n) is 3.91. The van der Waals surface area contributed by atoms with E-state index in [1.807, 2.05) is 6.07 Å². The Balaban J connectivity index is 1.51. The molecule has 1 aliphatic heterocycles. The van der Waals surface area contributed by atoms with Crippen molar-refractivity contribution < 1.29 is 13.2 Å². The molecule has 0 atom stereocenters. The Morgan fingerprint density at radius 3 is 2.52 bits per heavy atom. The molecule has 0 spiro atoms. The van der Waals surface area contributed by atoms with Crippen LogP contribution >= 0.6 is 0 Å². The number of rotatable bonds is 6. The number of aryl methyl sites for hydroxylation is 2. The van der Waals surface area contributed by atoms with Crippen LogP contribution in [0.1, 0.15) is 49.1 Å². The van der Waals surface area contributed by atoms with E-state index in [1.165, 1.54) is 19.1 Å². The maximum atomic E-state index is 12.8. The Morgan fingerprint density at radius 1 is 1.00 bits per heavy atom. The van der Waals surface area contributed by atoms with E-state index in [1.54, 1.807) is 12.1 Å². The topological polar surface area (TPSA) is 97.3 Å². The first-order valence-electron chi connectivity index (χ1n) is 10.2. The van der Waals surface area contributed by atoms with Gasteiger partial charge in [-0.15, -0.1) is 0 Å². The molecule has 8 nitrogen and oxygen atoms in total. The average Bonchev–Trinajstić information content (AvgIpc) is 2.78. The second kappa shape index (κ2) is 8.62. The molecule has 9 heteroatoms. The zero-order chi connectivity index (χ0) is 20.3. The molecule has 2 aromatic rings. The summed E-state index contributed by atoms with van der Waals surface area (Å²) < 4.78 is 33.4. The van der Waals surface area contributed by atoms with Gasteiger partial charge in [0.2, 0.25) is 16.0 Å². The van der Waals surface area contributed by atoms with Crippen molar-refractivity contribution in [3.8, 4) is 6.01 Å². The number of fused-ring (bicyclic) bond motifs is 1. The van der Waals surface area contributed by atoms with Gasteiger partial charge in [-0.05, 0) is 68.2 Å². The van der Waals surface area contributed by atoms with E-state index in [4.69, 9.17) is 4.74 Å². The van der Waals surface area contributed by atoms with Gasteiger partial charge in [-0.1, -0.05) is 6.07 Å². The lowest BCUT2D eigenvalue weighted by atomic mass is 9.92. The molecule has 0 unspecified atom stereocenters. The minimum Gasteiger partial charge on any atom is -0.467 e. The van der Waals surface area contributed by atoms with Crippen molar-refractivity contribution in [3.63, 3.8) is 0 Å².